The maximum atomic E-state index is 11.9. The van der Waals surface area contributed by atoms with Crippen LogP contribution in [0.25, 0.3) is 0 Å². The van der Waals surface area contributed by atoms with Gasteiger partial charge in [-0.05, 0) is 12.1 Å². The van der Waals surface area contributed by atoms with Crippen molar-refractivity contribution < 1.29 is 4.42 Å². The molecule has 106 valence electrons. The Balaban J connectivity index is 1.77. The Hall–Kier alpha value is -2.08. The lowest BCUT2D eigenvalue weighted by Gasteiger charge is -2.26. The Bertz CT molecular complexity index is 674. The van der Waals surface area contributed by atoms with Crippen LogP contribution in [0.1, 0.15) is 29.7 Å². The molecule has 3 rings (SSSR count). The highest BCUT2D eigenvalue weighted by Gasteiger charge is 2.21. The number of aromatic amines is 1. The van der Waals surface area contributed by atoms with E-state index in [9.17, 15) is 4.79 Å². The van der Waals surface area contributed by atoms with Crippen molar-refractivity contribution in [3.63, 3.8) is 0 Å². The van der Waals surface area contributed by atoms with Crippen LogP contribution in [-0.2, 0) is 25.9 Å². The van der Waals surface area contributed by atoms with Crippen LogP contribution >= 0.6 is 0 Å². The highest BCUT2D eigenvalue weighted by Crippen LogP contribution is 2.18. The Morgan fingerprint density at radius 3 is 3.00 bits per heavy atom. The van der Waals surface area contributed by atoms with E-state index in [1.165, 1.54) is 0 Å². The molecule has 2 aromatic rings. The Kier molecular flexibility index (Phi) is 3.31. The van der Waals surface area contributed by atoms with Crippen LogP contribution in [0.15, 0.2) is 21.3 Å². The van der Waals surface area contributed by atoms with Crippen molar-refractivity contribution in [2.45, 2.75) is 32.9 Å². The maximum absolute atomic E-state index is 11.9. The Morgan fingerprint density at radius 1 is 1.45 bits per heavy atom. The minimum atomic E-state index is -0.133. The van der Waals surface area contributed by atoms with Crippen molar-refractivity contribution in [1.29, 1.82) is 0 Å². The highest BCUT2D eigenvalue weighted by atomic mass is 16.3. The fraction of sp³-hybridized carbons (Fsp3) is 0.429. The molecule has 0 aliphatic carbocycles. The predicted octanol–water partition coefficient (Wildman–Crippen LogP) is 1.07. The number of fused-ring (bicyclic) bond motifs is 1. The van der Waals surface area contributed by atoms with E-state index < -0.39 is 0 Å². The first-order valence-electron chi connectivity index (χ1n) is 6.83. The molecule has 20 heavy (non-hydrogen) atoms. The summed E-state index contributed by atoms with van der Waals surface area (Å²) in [6.45, 7) is 4.21. The SMILES string of the molecule is CCc1ccc(CN2CCc3nc(N)[nH]c(=O)c3C2)o1. The number of aryl methyl sites for hydroxylation is 1. The molecule has 0 saturated heterocycles. The molecule has 0 spiro atoms. The first kappa shape index (κ1) is 12.9. The van der Waals surface area contributed by atoms with Gasteiger partial charge in [-0.2, -0.15) is 0 Å². The summed E-state index contributed by atoms with van der Waals surface area (Å²) < 4.78 is 5.71. The monoisotopic (exact) mass is 274 g/mol. The number of hydrogen-bond acceptors (Lipinski definition) is 5. The van der Waals surface area contributed by atoms with Crippen molar-refractivity contribution in [2.75, 3.05) is 12.3 Å². The number of nitrogens with zero attached hydrogens (tertiary/aromatic N) is 2. The molecular formula is C14H18N4O2. The molecule has 0 saturated carbocycles. The Morgan fingerprint density at radius 2 is 2.25 bits per heavy atom. The van der Waals surface area contributed by atoms with Gasteiger partial charge < -0.3 is 10.2 Å². The van der Waals surface area contributed by atoms with Gasteiger partial charge in [-0.25, -0.2) is 4.98 Å². The van der Waals surface area contributed by atoms with E-state index in [4.69, 9.17) is 10.2 Å². The van der Waals surface area contributed by atoms with E-state index in [2.05, 4.69) is 21.8 Å². The number of H-pyrrole nitrogens is 1. The topological polar surface area (TPSA) is 88.2 Å². The van der Waals surface area contributed by atoms with Gasteiger partial charge in [-0.3, -0.25) is 14.7 Å². The zero-order valence-corrected chi connectivity index (χ0v) is 11.5. The first-order chi connectivity index (χ1) is 9.65. The summed E-state index contributed by atoms with van der Waals surface area (Å²) in [6, 6.07) is 4.00. The molecule has 1 aliphatic heterocycles. The van der Waals surface area contributed by atoms with E-state index in [1.807, 2.05) is 12.1 Å². The molecule has 6 heteroatoms. The number of nitrogens with one attached hydrogen (secondary N) is 1. The van der Waals surface area contributed by atoms with Crippen LogP contribution < -0.4 is 11.3 Å². The Labute approximate surface area is 116 Å². The van der Waals surface area contributed by atoms with Crippen molar-refractivity contribution in [2.24, 2.45) is 0 Å². The fourth-order valence-electron chi connectivity index (χ4n) is 2.55. The standard InChI is InChI=1S/C14H18N4O2/c1-2-9-3-4-10(20-9)7-18-6-5-12-11(8-18)13(19)17-14(15)16-12/h3-4H,2,5-8H2,1H3,(H3,15,16,17,19). The quantitative estimate of drug-likeness (QED) is 0.874. The van der Waals surface area contributed by atoms with Crippen molar-refractivity contribution in [3.8, 4) is 0 Å². The summed E-state index contributed by atoms with van der Waals surface area (Å²) in [5, 5.41) is 0. The van der Waals surface area contributed by atoms with E-state index in [1.54, 1.807) is 0 Å². The van der Waals surface area contributed by atoms with Crippen LogP contribution in [-0.4, -0.2) is 21.4 Å². The largest absolute Gasteiger partial charge is 0.465 e. The third-order valence-electron chi connectivity index (χ3n) is 3.61. The molecule has 0 fully saturated rings. The van der Waals surface area contributed by atoms with Crippen molar-refractivity contribution in [3.05, 3.63) is 45.3 Å². The van der Waals surface area contributed by atoms with Crippen LogP contribution in [0.2, 0.25) is 0 Å². The van der Waals surface area contributed by atoms with Gasteiger partial charge in [0.15, 0.2) is 0 Å². The van der Waals surface area contributed by atoms with Crippen LogP contribution in [0.4, 0.5) is 5.95 Å². The van der Waals surface area contributed by atoms with Gasteiger partial charge in [0.05, 0.1) is 17.8 Å². The van der Waals surface area contributed by atoms with Gasteiger partial charge >= 0.3 is 0 Å². The lowest BCUT2D eigenvalue weighted by atomic mass is 10.1. The summed E-state index contributed by atoms with van der Waals surface area (Å²) in [7, 11) is 0. The van der Waals surface area contributed by atoms with Gasteiger partial charge in [0, 0.05) is 25.9 Å². The van der Waals surface area contributed by atoms with Gasteiger partial charge in [-0.1, -0.05) is 6.92 Å². The van der Waals surface area contributed by atoms with Crippen LogP contribution in [0.5, 0.6) is 0 Å². The molecule has 0 radical (unpaired) electrons. The normalized spacial score (nSPS) is 15.2. The van der Waals surface area contributed by atoms with Gasteiger partial charge in [0.2, 0.25) is 5.95 Å². The minimum absolute atomic E-state index is 0.133. The second-order valence-electron chi connectivity index (χ2n) is 5.06. The van der Waals surface area contributed by atoms with E-state index in [-0.39, 0.29) is 11.5 Å². The third kappa shape index (κ3) is 2.46. The average molecular weight is 274 g/mol. The molecule has 3 N–H and O–H groups in total. The molecular weight excluding hydrogens is 256 g/mol. The zero-order valence-electron chi connectivity index (χ0n) is 11.5. The summed E-state index contributed by atoms with van der Waals surface area (Å²) >= 11 is 0. The zero-order chi connectivity index (χ0) is 14.1. The second-order valence-corrected chi connectivity index (χ2v) is 5.06. The summed E-state index contributed by atoms with van der Waals surface area (Å²) in [5.41, 5.74) is 6.96. The van der Waals surface area contributed by atoms with E-state index in [0.717, 1.165) is 36.6 Å². The number of aromatic nitrogens is 2. The highest BCUT2D eigenvalue weighted by molar-refractivity contribution is 5.27. The van der Waals surface area contributed by atoms with Crippen LogP contribution in [0.3, 0.4) is 0 Å². The minimum Gasteiger partial charge on any atom is -0.465 e. The summed E-state index contributed by atoms with van der Waals surface area (Å²) in [6.07, 6.45) is 1.64. The molecule has 0 aromatic carbocycles. The van der Waals surface area contributed by atoms with Crippen LogP contribution in [0, 0.1) is 0 Å². The maximum Gasteiger partial charge on any atom is 0.257 e. The molecule has 0 unspecified atom stereocenters. The number of hydrogen-bond donors (Lipinski definition) is 2. The van der Waals surface area contributed by atoms with E-state index in [0.29, 0.717) is 18.7 Å². The molecule has 0 atom stereocenters. The molecule has 0 amide bonds. The molecule has 0 bridgehead atoms. The summed E-state index contributed by atoms with van der Waals surface area (Å²) in [5.74, 6) is 2.12. The molecule has 2 aromatic heterocycles. The fourth-order valence-corrected chi connectivity index (χ4v) is 2.55. The predicted molar refractivity (Wildman–Crippen MR) is 75.2 cm³/mol. The third-order valence-corrected chi connectivity index (χ3v) is 3.61. The second kappa shape index (κ2) is 5.13. The van der Waals surface area contributed by atoms with E-state index >= 15 is 0 Å². The van der Waals surface area contributed by atoms with Crippen molar-refractivity contribution in [1.82, 2.24) is 14.9 Å². The average Bonchev–Trinajstić information content (AvgIpc) is 2.87. The van der Waals surface area contributed by atoms with Gasteiger partial charge in [0.25, 0.3) is 5.56 Å². The lowest BCUT2D eigenvalue weighted by Crippen LogP contribution is -2.35. The lowest BCUT2D eigenvalue weighted by molar-refractivity contribution is 0.221. The molecule has 1 aliphatic rings. The van der Waals surface area contributed by atoms with Crippen molar-refractivity contribution >= 4 is 5.95 Å². The number of furan rings is 1. The number of rotatable bonds is 3. The number of nitrogen functional groups attached to an aromatic ring is 1. The smallest absolute Gasteiger partial charge is 0.257 e. The molecule has 6 nitrogen and oxygen atoms in total. The van der Waals surface area contributed by atoms with Gasteiger partial charge in [-0.15, -0.1) is 0 Å². The summed E-state index contributed by atoms with van der Waals surface area (Å²) in [4.78, 5) is 20.9. The van der Waals surface area contributed by atoms with Gasteiger partial charge in [0.1, 0.15) is 11.5 Å². The molecule has 3 heterocycles. The first-order valence-corrected chi connectivity index (χ1v) is 6.83. The number of nitrogens with two attached hydrogens (primary N) is 1. The number of anilines is 1.